The number of fused-ring (bicyclic) bond motifs is 1. The molecule has 4 heterocycles. The Kier molecular flexibility index (Phi) is 7.93. The molecule has 1 fully saturated rings. The van der Waals surface area contributed by atoms with Gasteiger partial charge in [0.1, 0.15) is 23.2 Å². The summed E-state index contributed by atoms with van der Waals surface area (Å²) in [6, 6.07) is 3.64. The molecule has 5 rings (SSSR count). The average molecular weight is 579 g/mol. The lowest BCUT2D eigenvalue weighted by Crippen LogP contribution is -2.37. The molecule has 13 heteroatoms. The first kappa shape index (κ1) is 29.1. The van der Waals surface area contributed by atoms with Crippen LogP contribution in [-0.2, 0) is 23.6 Å². The minimum atomic E-state index is -0.624. The first-order valence-electron chi connectivity index (χ1n) is 14.1. The topological polar surface area (TPSA) is 131 Å². The summed E-state index contributed by atoms with van der Waals surface area (Å²) >= 11 is 0. The summed E-state index contributed by atoms with van der Waals surface area (Å²) in [5.41, 5.74) is 2.16. The fourth-order valence-corrected chi connectivity index (χ4v) is 5.25. The van der Waals surface area contributed by atoms with Gasteiger partial charge in [0.2, 0.25) is 5.88 Å². The van der Waals surface area contributed by atoms with E-state index >= 15 is 0 Å². The second-order valence-electron chi connectivity index (χ2n) is 11.5. The maximum Gasteiger partial charge on any atom is 0.415 e. The van der Waals surface area contributed by atoms with Gasteiger partial charge in [0.25, 0.3) is 0 Å². The number of pyridine rings is 1. The lowest BCUT2D eigenvalue weighted by atomic mass is 9.93. The molecule has 42 heavy (non-hydrogen) atoms. The Morgan fingerprint density at radius 3 is 2.43 bits per heavy atom. The Labute approximate surface area is 244 Å². The second-order valence-corrected chi connectivity index (χ2v) is 11.5. The monoisotopic (exact) mass is 578 g/mol. The molecule has 0 aromatic carbocycles. The van der Waals surface area contributed by atoms with Crippen molar-refractivity contribution in [3.63, 3.8) is 0 Å². The van der Waals surface area contributed by atoms with E-state index in [4.69, 9.17) is 19.3 Å². The van der Waals surface area contributed by atoms with Crippen LogP contribution in [0.2, 0.25) is 0 Å². The molecule has 0 atom stereocenters. The van der Waals surface area contributed by atoms with E-state index in [9.17, 15) is 9.59 Å². The Morgan fingerprint density at radius 1 is 1.07 bits per heavy atom. The van der Waals surface area contributed by atoms with Gasteiger partial charge in [0.15, 0.2) is 5.69 Å². The molecule has 0 radical (unpaired) electrons. The highest BCUT2D eigenvalue weighted by atomic mass is 16.6. The van der Waals surface area contributed by atoms with E-state index in [1.807, 2.05) is 47.0 Å². The minimum absolute atomic E-state index is 0.0262. The van der Waals surface area contributed by atoms with Crippen molar-refractivity contribution in [3.05, 3.63) is 36.4 Å². The number of methoxy groups -OCH3 is 1. The van der Waals surface area contributed by atoms with Crippen LogP contribution in [0.5, 0.6) is 5.88 Å². The largest absolute Gasteiger partial charge is 0.475 e. The summed E-state index contributed by atoms with van der Waals surface area (Å²) in [7, 11) is 4.94. The van der Waals surface area contributed by atoms with Gasteiger partial charge >= 0.3 is 12.1 Å². The summed E-state index contributed by atoms with van der Waals surface area (Å²) < 4.78 is 22.0. The van der Waals surface area contributed by atoms with Crippen molar-refractivity contribution in [3.8, 4) is 17.1 Å². The van der Waals surface area contributed by atoms with Gasteiger partial charge in [-0.05, 0) is 53.4 Å². The van der Waals surface area contributed by atoms with Crippen molar-refractivity contribution in [2.24, 2.45) is 14.1 Å². The van der Waals surface area contributed by atoms with Crippen molar-refractivity contribution < 1.29 is 23.8 Å². The van der Waals surface area contributed by atoms with E-state index in [2.05, 4.69) is 19.9 Å². The van der Waals surface area contributed by atoms with Crippen LogP contribution in [0.1, 0.15) is 69.9 Å². The number of aromatic nitrogens is 7. The molecule has 0 bridgehead atoms. The van der Waals surface area contributed by atoms with E-state index in [1.165, 1.54) is 12.0 Å². The van der Waals surface area contributed by atoms with Crippen molar-refractivity contribution in [2.75, 3.05) is 18.6 Å². The number of hydrogen-bond donors (Lipinski definition) is 0. The quantitative estimate of drug-likeness (QED) is 0.287. The van der Waals surface area contributed by atoms with Crippen molar-refractivity contribution in [2.45, 2.75) is 71.1 Å². The molecule has 1 saturated carbocycles. The highest BCUT2D eigenvalue weighted by Crippen LogP contribution is 2.37. The number of nitrogens with zero attached hydrogens (tertiary/aromatic N) is 8. The van der Waals surface area contributed by atoms with Gasteiger partial charge in [-0.15, -0.1) is 0 Å². The van der Waals surface area contributed by atoms with Gasteiger partial charge in [-0.25, -0.2) is 19.3 Å². The van der Waals surface area contributed by atoms with Gasteiger partial charge in [0, 0.05) is 56.1 Å². The molecular formula is C29H38N8O5. The molecule has 0 spiro atoms. The molecule has 1 aliphatic carbocycles. The normalized spacial score (nSPS) is 17.3. The van der Waals surface area contributed by atoms with Crippen LogP contribution in [0.15, 0.2) is 30.7 Å². The number of carbonyl (C=O) groups excluding carboxylic acids is 2. The summed E-state index contributed by atoms with van der Waals surface area (Å²) in [5, 5.41) is 14.5. The number of carbonyl (C=O) groups is 2. The van der Waals surface area contributed by atoms with Crippen molar-refractivity contribution in [1.29, 1.82) is 0 Å². The van der Waals surface area contributed by atoms with Crippen molar-refractivity contribution in [1.82, 2.24) is 34.3 Å². The number of ether oxygens (including phenoxy) is 3. The van der Waals surface area contributed by atoms with Gasteiger partial charge < -0.3 is 14.2 Å². The van der Waals surface area contributed by atoms with Gasteiger partial charge in [-0.2, -0.15) is 15.3 Å². The molecule has 1 amide bonds. The molecule has 0 unspecified atom stereocenters. The number of esters is 1. The van der Waals surface area contributed by atoms with Gasteiger partial charge in [-0.1, -0.05) is 0 Å². The van der Waals surface area contributed by atoms with Crippen LogP contribution in [0.3, 0.4) is 0 Å². The minimum Gasteiger partial charge on any atom is -0.475 e. The maximum absolute atomic E-state index is 13.0. The summed E-state index contributed by atoms with van der Waals surface area (Å²) in [6.07, 6.45) is 8.28. The molecule has 0 N–H and O–H groups in total. The Hall–Kier alpha value is -4.42. The van der Waals surface area contributed by atoms with Crippen LogP contribution in [0.4, 0.5) is 10.6 Å². The lowest BCUT2D eigenvalue weighted by Gasteiger charge is -2.29. The fraction of sp³-hybridized carbons (Fsp3) is 0.517. The van der Waals surface area contributed by atoms with E-state index < -0.39 is 17.7 Å². The number of rotatable bonds is 7. The Morgan fingerprint density at radius 2 is 1.81 bits per heavy atom. The molecule has 1 aliphatic rings. The van der Waals surface area contributed by atoms with Crippen LogP contribution in [-0.4, -0.2) is 71.7 Å². The zero-order chi connectivity index (χ0) is 30.2. The van der Waals surface area contributed by atoms with Gasteiger partial charge in [0.05, 0.1) is 24.9 Å². The first-order chi connectivity index (χ1) is 20.0. The smallest absolute Gasteiger partial charge is 0.415 e. The zero-order valence-electron chi connectivity index (χ0n) is 25.2. The highest BCUT2D eigenvalue weighted by molar-refractivity contribution is 5.96. The number of amides is 1. The standard InChI is InChI=1S/C29H38N8O5/c1-8-36(28(39)42-29(2,3)4)24-14-23-21(16-30-24)26(18-15-31-34(5)17-18)33-37(23)19-9-11-20(12-10-19)41-25-13-22(27(38)40-7)32-35(25)6/h13-17,19-20H,8-12H2,1-7H3/t19-,20+. The molecule has 13 nitrogen and oxygen atoms in total. The van der Waals surface area contributed by atoms with Crippen LogP contribution < -0.4 is 9.64 Å². The summed E-state index contributed by atoms with van der Waals surface area (Å²) in [5.74, 6) is 0.536. The Bertz CT molecular complexity index is 1590. The van der Waals surface area contributed by atoms with E-state index in [-0.39, 0.29) is 17.8 Å². The predicted molar refractivity (Wildman–Crippen MR) is 155 cm³/mol. The van der Waals surface area contributed by atoms with Crippen LogP contribution >= 0.6 is 0 Å². The molecule has 0 saturated heterocycles. The van der Waals surface area contributed by atoms with E-state index in [1.54, 1.807) is 34.9 Å². The molecule has 0 aliphatic heterocycles. The molecule has 4 aromatic heterocycles. The summed E-state index contributed by atoms with van der Waals surface area (Å²) in [4.78, 5) is 31.0. The molecule has 4 aromatic rings. The Balaban J connectivity index is 1.42. The van der Waals surface area contributed by atoms with Crippen molar-refractivity contribution >= 4 is 28.8 Å². The van der Waals surface area contributed by atoms with Crippen LogP contribution in [0, 0.1) is 0 Å². The SMILES string of the molecule is CCN(C(=O)OC(C)(C)C)c1cc2c(cn1)c(-c1cnn(C)c1)nn2[C@H]1CC[C@@H](Oc2cc(C(=O)OC)nn2C)CC1. The third-order valence-electron chi connectivity index (χ3n) is 7.27. The molecule has 224 valence electrons. The average Bonchev–Trinajstić information content (AvgIpc) is 3.65. The third kappa shape index (κ3) is 5.95. The predicted octanol–water partition coefficient (Wildman–Crippen LogP) is 4.68. The number of aryl methyl sites for hydroxylation is 2. The first-order valence-corrected chi connectivity index (χ1v) is 14.1. The third-order valence-corrected chi connectivity index (χ3v) is 7.27. The van der Waals surface area contributed by atoms with Gasteiger partial charge in [-0.3, -0.25) is 14.3 Å². The molecular weight excluding hydrogens is 540 g/mol. The number of hydrogen-bond acceptors (Lipinski definition) is 9. The fourth-order valence-electron chi connectivity index (χ4n) is 5.25. The van der Waals surface area contributed by atoms with E-state index in [0.29, 0.717) is 18.2 Å². The maximum atomic E-state index is 13.0. The lowest BCUT2D eigenvalue weighted by molar-refractivity contribution is 0.0575. The zero-order valence-corrected chi connectivity index (χ0v) is 25.2. The van der Waals surface area contributed by atoms with Crippen LogP contribution in [0.25, 0.3) is 22.2 Å². The highest BCUT2D eigenvalue weighted by Gasteiger charge is 2.29. The number of anilines is 1. The van der Waals surface area contributed by atoms with E-state index in [0.717, 1.165) is 47.8 Å². The summed E-state index contributed by atoms with van der Waals surface area (Å²) in [6.45, 7) is 7.84. The second kappa shape index (κ2) is 11.5.